The molecule has 2 atom stereocenters. The van der Waals surface area contributed by atoms with Crippen molar-refractivity contribution in [2.75, 3.05) is 5.32 Å². The van der Waals surface area contributed by atoms with Crippen LogP contribution in [0.15, 0.2) is 36.5 Å². The average molecular weight is 283 g/mol. The van der Waals surface area contributed by atoms with Gasteiger partial charge < -0.3 is 11.1 Å². The van der Waals surface area contributed by atoms with Crippen LogP contribution < -0.4 is 11.1 Å². The average Bonchev–Trinajstić information content (AvgIpc) is 2.71. The highest BCUT2D eigenvalue weighted by atomic mass is 16.1. The molecule has 110 valence electrons. The first kappa shape index (κ1) is 14.0. The Labute approximate surface area is 124 Å². The summed E-state index contributed by atoms with van der Waals surface area (Å²) in [7, 11) is 0. The number of hydrogen-bond donors (Lipinski definition) is 2. The van der Waals surface area contributed by atoms with Crippen molar-refractivity contribution in [1.29, 1.82) is 0 Å². The van der Waals surface area contributed by atoms with Crippen molar-refractivity contribution in [3.63, 3.8) is 0 Å². The molecule has 21 heavy (non-hydrogen) atoms. The first-order chi connectivity index (χ1) is 10.2. The Morgan fingerprint density at radius 2 is 2.00 bits per heavy atom. The third-order valence-electron chi connectivity index (χ3n) is 4.26. The molecule has 0 spiro atoms. The van der Waals surface area contributed by atoms with E-state index in [0.29, 0.717) is 0 Å². The Hall–Kier alpha value is -1.94. The second-order valence-corrected chi connectivity index (χ2v) is 5.81. The second-order valence-electron chi connectivity index (χ2n) is 5.81. The molecule has 1 amide bonds. The van der Waals surface area contributed by atoms with Crippen molar-refractivity contribution >= 4 is 22.5 Å². The van der Waals surface area contributed by atoms with Crippen molar-refractivity contribution in [3.05, 3.63) is 36.5 Å². The molecule has 1 fully saturated rings. The van der Waals surface area contributed by atoms with E-state index in [9.17, 15) is 4.79 Å². The maximum atomic E-state index is 12.4. The molecule has 0 bridgehead atoms. The van der Waals surface area contributed by atoms with Gasteiger partial charge >= 0.3 is 0 Å². The van der Waals surface area contributed by atoms with Gasteiger partial charge in [-0.1, -0.05) is 37.5 Å². The molecule has 0 aliphatic heterocycles. The minimum atomic E-state index is -0.0843. The van der Waals surface area contributed by atoms with Crippen LogP contribution in [0.4, 0.5) is 5.69 Å². The zero-order chi connectivity index (χ0) is 14.7. The SMILES string of the molecule is NC1CCCCCC1C(=O)Nc1cnc2ccccc2c1. The number of fused-ring (bicyclic) bond motifs is 1. The van der Waals surface area contributed by atoms with E-state index in [1.807, 2.05) is 30.3 Å². The molecular weight excluding hydrogens is 262 g/mol. The van der Waals surface area contributed by atoms with Crippen LogP contribution in [0.3, 0.4) is 0 Å². The number of pyridine rings is 1. The maximum absolute atomic E-state index is 12.4. The third-order valence-corrected chi connectivity index (χ3v) is 4.26. The number of rotatable bonds is 2. The van der Waals surface area contributed by atoms with Gasteiger partial charge in [-0.3, -0.25) is 9.78 Å². The number of carbonyl (C=O) groups is 1. The molecule has 1 aliphatic rings. The Bertz CT molecular complexity index is 641. The molecule has 3 N–H and O–H groups in total. The lowest BCUT2D eigenvalue weighted by molar-refractivity contribution is -0.120. The maximum Gasteiger partial charge on any atom is 0.229 e. The minimum Gasteiger partial charge on any atom is -0.327 e. The van der Waals surface area contributed by atoms with Gasteiger partial charge in [-0.15, -0.1) is 0 Å². The van der Waals surface area contributed by atoms with E-state index in [0.717, 1.165) is 42.3 Å². The normalized spacial score (nSPS) is 22.7. The first-order valence-electron chi connectivity index (χ1n) is 7.65. The highest BCUT2D eigenvalue weighted by molar-refractivity contribution is 5.94. The Kier molecular flexibility index (Phi) is 4.15. The summed E-state index contributed by atoms with van der Waals surface area (Å²) in [5.41, 5.74) is 7.83. The number of nitrogens with two attached hydrogens (primary N) is 1. The van der Waals surface area contributed by atoms with E-state index in [2.05, 4.69) is 10.3 Å². The Balaban J connectivity index is 1.75. The van der Waals surface area contributed by atoms with Crippen LogP contribution in [0, 0.1) is 5.92 Å². The van der Waals surface area contributed by atoms with Gasteiger partial charge in [-0.2, -0.15) is 0 Å². The van der Waals surface area contributed by atoms with Gasteiger partial charge in [0.1, 0.15) is 0 Å². The molecule has 3 rings (SSSR count). The lowest BCUT2D eigenvalue weighted by atomic mass is 9.94. The predicted molar refractivity (Wildman–Crippen MR) is 84.9 cm³/mol. The molecule has 2 unspecified atom stereocenters. The molecule has 4 heteroatoms. The van der Waals surface area contributed by atoms with Crippen LogP contribution in [0.2, 0.25) is 0 Å². The van der Waals surface area contributed by atoms with Crippen molar-refractivity contribution < 1.29 is 4.79 Å². The van der Waals surface area contributed by atoms with Crippen LogP contribution in [-0.4, -0.2) is 16.9 Å². The van der Waals surface area contributed by atoms with Crippen molar-refractivity contribution in [3.8, 4) is 0 Å². The van der Waals surface area contributed by atoms with Gasteiger partial charge in [-0.25, -0.2) is 0 Å². The molecule has 0 saturated heterocycles. The van der Waals surface area contributed by atoms with Crippen LogP contribution in [0.5, 0.6) is 0 Å². The van der Waals surface area contributed by atoms with E-state index >= 15 is 0 Å². The Morgan fingerprint density at radius 3 is 2.90 bits per heavy atom. The topological polar surface area (TPSA) is 68.0 Å². The van der Waals surface area contributed by atoms with E-state index in [1.165, 1.54) is 6.42 Å². The number of para-hydroxylation sites is 1. The molecule has 1 aliphatic carbocycles. The van der Waals surface area contributed by atoms with Gasteiger partial charge in [0.2, 0.25) is 5.91 Å². The van der Waals surface area contributed by atoms with Crippen LogP contribution in [0.25, 0.3) is 10.9 Å². The van der Waals surface area contributed by atoms with E-state index < -0.39 is 0 Å². The lowest BCUT2D eigenvalue weighted by Crippen LogP contribution is -2.37. The van der Waals surface area contributed by atoms with Gasteiger partial charge in [0, 0.05) is 11.4 Å². The standard InChI is InChI=1S/C17H21N3O/c18-15-8-3-1-2-7-14(15)17(21)20-13-10-12-6-4-5-9-16(12)19-11-13/h4-6,9-11,14-15H,1-3,7-8,18H2,(H,20,21). The first-order valence-corrected chi connectivity index (χ1v) is 7.65. The highest BCUT2D eigenvalue weighted by Gasteiger charge is 2.27. The summed E-state index contributed by atoms with van der Waals surface area (Å²) in [5.74, 6) is -0.0551. The fourth-order valence-electron chi connectivity index (χ4n) is 3.04. The summed E-state index contributed by atoms with van der Waals surface area (Å²) >= 11 is 0. The number of carbonyl (C=O) groups excluding carboxylic acids is 1. The van der Waals surface area contributed by atoms with Crippen LogP contribution in [0.1, 0.15) is 32.1 Å². The summed E-state index contributed by atoms with van der Waals surface area (Å²) in [6, 6.07) is 9.82. The molecule has 2 aromatic rings. The summed E-state index contributed by atoms with van der Waals surface area (Å²) in [4.78, 5) is 16.8. The number of benzene rings is 1. The number of nitrogens with zero attached hydrogens (tertiary/aromatic N) is 1. The number of anilines is 1. The van der Waals surface area contributed by atoms with Gasteiger partial charge in [0.15, 0.2) is 0 Å². The van der Waals surface area contributed by atoms with Gasteiger partial charge in [0.05, 0.1) is 23.3 Å². The summed E-state index contributed by atoms with van der Waals surface area (Å²) in [5, 5.41) is 4.01. The fourth-order valence-corrected chi connectivity index (χ4v) is 3.04. The molecule has 0 radical (unpaired) electrons. The van der Waals surface area contributed by atoms with E-state index in [1.54, 1.807) is 6.20 Å². The second kappa shape index (κ2) is 6.22. The largest absolute Gasteiger partial charge is 0.327 e. The smallest absolute Gasteiger partial charge is 0.229 e. The van der Waals surface area contributed by atoms with Crippen molar-refractivity contribution in [2.45, 2.75) is 38.1 Å². The zero-order valence-electron chi connectivity index (χ0n) is 12.1. The number of nitrogens with one attached hydrogen (secondary N) is 1. The molecule has 1 aromatic heterocycles. The lowest BCUT2D eigenvalue weighted by Gasteiger charge is -2.20. The van der Waals surface area contributed by atoms with E-state index in [-0.39, 0.29) is 17.9 Å². The fraction of sp³-hybridized carbons (Fsp3) is 0.412. The zero-order valence-corrected chi connectivity index (χ0v) is 12.1. The monoisotopic (exact) mass is 283 g/mol. The molecule has 1 saturated carbocycles. The highest BCUT2D eigenvalue weighted by Crippen LogP contribution is 2.24. The molecule has 1 heterocycles. The minimum absolute atomic E-state index is 0.0269. The third kappa shape index (κ3) is 3.22. The number of amides is 1. The number of hydrogen-bond acceptors (Lipinski definition) is 3. The van der Waals surface area contributed by atoms with Crippen molar-refractivity contribution in [1.82, 2.24) is 4.98 Å². The Morgan fingerprint density at radius 1 is 1.19 bits per heavy atom. The quantitative estimate of drug-likeness (QED) is 0.832. The molecule has 1 aromatic carbocycles. The van der Waals surface area contributed by atoms with Crippen LogP contribution in [-0.2, 0) is 4.79 Å². The molecular formula is C17H21N3O. The molecule has 4 nitrogen and oxygen atoms in total. The van der Waals surface area contributed by atoms with Gasteiger partial charge in [-0.05, 0) is 25.0 Å². The van der Waals surface area contributed by atoms with E-state index in [4.69, 9.17) is 5.73 Å². The summed E-state index contributed by atoms with van der Waals surface area (Å²) in [6.07, 6.45) is 6.92. The predicted octanol–water partition coefficient (Wildman–Crippen LogP) is 3.08. The van der Waals surface area contributed by atoms with Crippen LogP contribution >= 0.6 is 0 Å². The van der Waals surface area contributed by atoms with Gasteiger partial charge in [0.25, 0.3) is 0 Å². The van der Waals surface area contributed by atoms with Crippen molar-refractivity contribution in [2.24, 2.45) is 11.7 Å². The summed E-state index contributed by atoms with van der Waals surface area (Å²) in [6.45, 7) is 0. The number of aromatic nitrogens is 1. The summed E-state index contributed by atoms with van der Waals surface area (Å²) < 4.78 is 0.